The van der Waals surface area contributed by atoms with E-state index in [1.54, 1.807) is 13.3 Å². The van der Waals surface area contributed by atoms with Crippen molar-refractivity contribution in [2.24, 2.45) is 0 Å². The normalized spacial score (nSPS) is 10.1. The fourth-order valence-electron chi connectivity index (χ4n) is 1.19. The molecule has 1 heterocycles. The van der Waals surface area contributed by atoms with Crippen LogP contribution in [0.4, 0.5) is 15.8 Å². The number of benzene rings is 1. The molecule has 84 valence electrons. The lowest BCUT2D eigenvalue weighted by atomic mass is 10.3. The van der Waals surface area contributed by atoms with Crippen molar-refractivity contribution in [1.29, 1.82) is 0 Å². The molecule has 0 saturated heterocycles. The van der Waals surface area contributed by atoms with Gasteiger partial charge in [-0.2, -0.15) is 0 Å². The Bertz CT molecular complexity index is 501. The molecule has 0 bridgehead atoms. The zero-order valence-corrected chi connectivity index (χ0v) is 10.9. The highest BCUT2D eigenvalue weighted by Gasteiger charge is 2.05. The fraction of sp³-hybridized carbons (Fsp3) is 0.100. The van der Waals surface area contributed by atoms with Gasteiger partial charge in [0.1, 0.15) is 10.8 Å². The number of halogens is 1. The van der Waals surface area contributed by atoms with E-state index in [4.69, 9.17) is 10.5 Å². The van der Waals surface area contributed by atoms with E-state index in [0.717, 1.165) is 21.0 Å². The molecule has 1 aromatic carbocycles. The van der Waals surface area contributed by atoms with Crippen LogP contribution in [-0.4, -0.2) is 12.1 Å². The van der Waals surface area contributed by atoms with Crippen LogP contribution in [0.3, 0.4) is 0 Å². The van der Waals surface area contributed by atoms with Gasteiger partial charge in [-0.1, -0.05) is 11.3 Å². The Hall–Kier alpha value is -1.27. The van der Waals surface area contributed by atoms with E-state index in [0.29, 0.717) is 5.00 Å². The Labute approximate surface area is 106 Å². The Kier molecular flexibility index (Phi) is 3.31. The fourth-order valence-corrected chi connectivity index (χ4v) is 2.13. The van der Waals surface area contributed by atoms with Crippen LogP contribution in [0.25, 0.3) is 0 Å². The second-order valence-electron chi connectivity index (χ2n) is 3.04. The van der Waals surface area contributed by atoms with Gasteiger partial charge in [-0.3, -0.25) is 0 Å². The van der Waals surface area contributed by atoms with E-state index in [1.165, 1.54) is 11.3 Å². The Morgan fingerprint density at radius 1 is 1.50 bits per heavy atom. The lowest BCUT2D eigenvalue weighted by Gasteiger charge is -2.07. The molecule has 0 amide bonds. The molecule has 0 saturated carbocycles. The predicted octanol–water partition coefficient (Wildman–Crippen LogP) is 3.24. The zero-order chi connectivity index (χ0) is 11.5. The molecule has 2 rings (SSSR count). The van der Waals surface area contributed by atoms with Crippen LogP contribution in [0.5, 0.6) is 5.75 Å². The van der Waals surface area contributed by atoms with Gasteiger partial charge in [0.25, 0.3) is 0 Å². The lowest BCUT2D eigenvalue weighted by Crippen LogP contribution is -1.91. The summed E-state index contributed by atoms with van der Waals surface area (Å²) in [4.78, 5) is 4.13. The summed E-state index contributed by atoms with van der Waals surface area (Å²) >= 11 is 4.85. The van der Waals surface area contributed by atoms with Gasteiger partial charge >= 0.3 is 0 Å². The number of nitrogens with one attached hydrogen (secondary N) is 1. The van der Waals surface area contributed by atoms with E-state index in [1.807, 2.05) is 18.2 Å². The molecule has 0 aliphatic carbocycles. The summed E-state index contributed by atoms with van der Waals surface area (Å²) < 4.78 is 6.10. The molecule has 0 fully saturated rings. The number of anilines is 3. The van der Waals surface area contributed by atoms with Gasteiger partial charge in [0, 0.05) is 10.5 Å². The Morgan fingerprint density at radius 3 is 2.94 bits per heavy atom. The molecule has 0 atom stereocenters. The van der Waals surface area contributed by atoms with Gasteiger partial charge in [0.2, 0.25) is 0 Å². The minimum Gasteiger partial charge on any atom is -0.497 e. The van der Waals surface area contributed by atoms with Crippen LogP contribution in [-0.2, 0) is 0 Å². The average molecular weight is 300 g/mol. The number of nitrogen functional groups attached to an aromatic ring is 1. The minimum atomic E-state index is 0.682. The van der Waals surface area contributed by atoms with Crippen LogP contribution in [0, 0.1) is 0 Å². The number of nitrogens with two attached hydrogens (primary N) is 1. The molecule has 3 N–H and O–H groups in total. The quantitative estimate of drug-likeness (QED) is 0.913. The van der Waals surface area contributed by atoms with Crippen molar-refractivity contribution in [3.05, 3.63) is 28.9 Å². The molecule has 4 nitrogen and oxygen atoms in total. The zero-order valence-electron chi connectivity index (χ0n) is 8.53. The Balaban J connectivity index is 2.26. The topological polar surface area (TPSA) is 60.2 Å². The summed E-state index contributed by atoms with van der Waals surface area (Å²) in [5.74, 6) is 0.787. The molecule has 1 aromatic heterocycles. The van der Waals surface area contributed by atoms with Crippen molar-refractivity contribution >= 4 is 43.1 Å². The predicted molar refractivity (Wildman–Crippen MR) is 70.5 cm³/mol. The number of thiazole rings is 1. The van der Waals surface area contributed by atoms with Crippen LogP contribution in [0.2, 0.25) is 0 Å². The maximum atomic E-state index is 5.61. The van der Waals surface area contributed by atoms with Crippen molar-refractivity contribution in [1.82, 2.24) is 4.98 Å². The first-order valence-electron chi connectivity index (χ1n) is 4.51. The van der Waals surface area contributed by atoms with Crippen LogP contribution in [0.15, 0.2) is 28.9 Å². The summed E-state index contributed by atoms with van der Waals surface area (Å²) in [5, 5.41) is 4.61. The van der Waals surface area contributed by atoms with Gasteiger partial charge in [0.05, 0.1) is 19.0 Å². The third kappa shape index (κ3) is 2.45. The molecular weight excluding hydrogens is 290 g/mol. The molecule has 2 aromatic rings. The van der Waals surface area contributed by atoms with Crippen molar-refractivity contribution in [2.75, 3.05) is 18.2 Å². The lowest BCUT2D eigenvalue weighted by molar-refractivity contribution is 0.415. The number of methoxy groups -OCH3 is 1. The first kappa shape index (κ1) is 11.2. The van der Waals surface area contributed by atoms with Crippen molar-refractivity contribution in [3.63, 3.8) is 0 Å². The third-order valence-corrected chi connectivity index (χ3v) is 3.37. The van der Waals surface area contributed by atoms with Gasteiger partial charge in [0.15, 0.2) is 5.13 Å². The number of nitrogens with zero attached hydrogens (tertiary/aromatic N) is 1. The highest BCUT2D eigenvalue weighted by molar-refractivity contribution is 9.10. The standard InChI is InChI=1S/C10H10BrN3OS/c1-15-6-2-3-7(11)8(4-6)14-10-13-5-9(12)16-10/h2-5H,12H2,1H3,(H,13,14). The number of hydrogen-bond donors (Lipinski definition) is 2. The second-order valence-corrected chi connectivity index (χ2v) is 4.96. The van der Waals surface area contributed by atoms with Crippen LogP contribution < -0.4 is 15.8 Å². The Morgan fingerprint density at radius 2 is 2.31 bits per heavy atom. The number of hydrogen-bond acceptors (Lipinski definition) is 5. The highest BCUT2D eigenvalue weighted by Crippen LogP contribution is 2.31. The van der Waals surface area contributed by atoms with Crippen molar-refractivity contribution in [3.8, 4) is 5.75 Å². The van der Waals surface area contributed by atoms with E-state index in [9.17, 15) is 0 Å². The first-order chi connectivity index (χ1) is 7.69. The summed E-state index contributed by atoms with van der Waals surface area (Å²) in [6.07, 6.45) is 1.63. The van der Waals surface area contributed by atoms with Gasteiger partial charge in [-0.25, -0.2) is 4.98 Å². The summed E-state index contributed by atoms with van der Waals surface area (Å²) in [6.45, 7) is 0. The van der Waals surface area contributed by atoms with Crippen LogP contribution in [0.1, 0.15) is 0 Å². The molecule has 0 aliphatic heterocycles. The molecular formula is C10H10BrN3OS. The molecule has 0 spiro atoms. The summed E-state index contributed by atoms with van der Waals surface area (Å²) in [7, 11) is 1.63. The van der Waals surface area contributed by atoms with Crippen molar-refractivity contribution in [2.45, 2.75) is 0 Å². The second kappa shape index (κ2) is 4.71. The molecule has 0 radical (unpaired) electrons. The highest BCUT2D eigenvalue weighted by atomic mass is 79.9. The molecule has 6 heteroatoms. The maximum Gasteiger partial charge on any atom is 0.189 e. The van der Waals surface area contributed by atoms with Crippen molar-refractivity contribution < 1.29 is 4.74 Å². The van der Waals surface area contributed by atoms with E-state index in [-0.39, 0.29) is 0 Å². The van der Waals surface area contributed by atoms with E-state index >= 15 is 0 Å². The number of aromatic nitrogens is 1. The van der Waals surface area contributed by atoms with Gasteiger partial charge < -0.3 is 15.8 Å². The average Bonchev–Trinajstić information content (AvgIpc) is 2.67. The maximum absolute atomic E-state index is 5.61. The van der Waals surface area contributed by atoms with Gasteiger partial charge in [-0.15, -0.1) is 0 Å². The van der Waals surface area contributed by atoms with E-state index < -0.39 is 0 Å². The smallest absolute Gasteiger partial charge is 0.189 e. The minimum absolute atomic E-state index is 0.682. The third-order valence-electron chi connectivity index (χ3n) is 1.94. The van der Waals surface area contributed by atoms with Crippen LogP contribution >= 0.6 is 27.3 Å². The summed E-state index contributed by atoms with van der Waals surface area (Å²) in [6, 6.07) is 5.69. The molecule has 16 heavy (non-hydrogen) atoms. The largest absolute Gasteiger partial charge is 0.497 e. The van der Waals surface area contributed by atoms with Gasteiger partial charge in [-0.05, 0) is 28.1 Å². The number of ether oxygens (including phenoxy) is 1. The SMILES string of the molecule is COc1ccc(Br)c(Nc2ncc(N)s2)c1. The first-order valence-corrected chi connectivity index (χ1v) is 6.12. The molecule has 0 aliphatic rings. The number of rotatable bonds is 3. The molecule has 0 unspecified atom stereocenters. The monoisotopic (exact) mass is 299 g/mol. The summed E-state index contributed by atoms with van der Waals surface area (Å²) in [5.41, 5.74) is 6.50. The van der Waals surface area contributed by atoms with E-state index in [2.05, 4.69) is 26.2 Å².